The van der Waals surface area contributed by atoms with Crippen LogP contribution in [-0.2, 0) is 0 Å². The summed E-state index contributed by atoms with van der Waals surface area (Å²) in [7, 11) is 1.89. The van der Waals surface area contributed by atoms with Crippen LogP contribution in [0.3, 0.4) is 0 Å². The Morgan fingerprint density at radius 2 is 2.50 bits per heavy atom. The van der Waals surface area contributed by atoms with Crippen LogP contribution in [0.5, 0.6) is 0 Å². The molecule has 3 nitrogen and oxygen atoms in total. The Labute approximate surface area is 49.2 Å². The monoisotopic (exact) mass is 113 g/mol. The first-order valence-electron chi connectivity index (χ1n) is 2.72. The van der Waals surface area contributed by atoms with E-state index in [0.29, 0.717) is 0 Å². The van der Waals surface area contributed by atoms with Crippen molar-refractivity contribution in [2.24, 2.45) is 10.8 Å². The van der Waals surface area contributed by atoms with Gasteiger partial charge < -0.3 is 5.73 Å². The quantitative estimate of drug-likeness (QED) is 0.479. The SMILES string of the molecule is CC1=NN(C)[C@@H](N)C1. The fourth-order valence-corrected chi connectivity index (χ4v) is 0.819. The first-order valence-corrected chi connectivity index (χ1v) is 2.72. The van der Waals surface area contributed by atoms with Crippen molar-refractivity contribution >= 4 is 5.71 Å². The third-order valence-corrected chi connectivity index (χ3v) is 1.31. The van der Waals surface area contributed by atoms with E-state index in [1.54, 1.807) is 5.01 Å². The van der Waals surface area contributed by atoms with E-state index < -0.39 is 0 Å². The summed E-state index contributed by atoms with van der Waals surface area (Å²) in [5.74, 6) is 0. The molecule has 8 heavy (non-hydrogen) atoms. The van der Waals surface area contributed by atoms with Gasteiger partial charge in [-0.05, 0) is 6.92 Å². The zero-order valence-corrected chi connectivity index (χ0v) is 5.26. The molecule has 2 N–H and O–H groups in total. The Hall–Kier alpha value is -0.570. The topological polar surface area (TPSA) is 41.6 Å². The fourth-order valence-electron chi connectivity index (χ4n) is 0.819. The molecule has 1 aliphatic rings. The lowest BCUT2D eigenvalue weighted by molar-refractivity contribution is 0.291. The van der Waals surface area contributed by atoms with Gasteiger partial charge in [0.1, 0.15) is 0 Å². The molecule has 0 fully saturated rings. The Balaban J connectivity index is 2.56. The predicted octanol–water partition coefficient (Wildman–Crippen LogP) is -0.0174. The van der Waals surface area contributed by atoms with E-state index >= 15 is 0 Å². The highest BCUT2D eigenvalue weighted by Crippen LogP contribution is 2.06. The normalized spacial score (nSPS) is 28.6. The molecule has 0 aromatic heterocycles. The summed E-state index contributed by atoms with van der Waals surface area (Å²) in [4.78, 5) is 0. The minimum Gasteiger partial charge on any atom is -0.310 e. The molecule has 0 bridgehead atoms. The summed E-state index contributed by atoms with van der Waals surface area (Å²) in [6.45, 7) is 1.99. The standard InChI is InChI=1S/C5H11N3/c1-4-3-5(6)8(2)7-4/h5H,3,6H2,1-2H3/t5-/m1/s1. The van der Waals surface area contributed by atoms with Crippen LogP contribution in [0.25, 0.3) is 0 Å². The van der Waals surface area contributed by atoms with Gasteiger partial charge in [-0.25, -0.2) is 0 Å². The third kappa shape index (κ3) is 0.816. The minimum absolute atomic E-state index is 0.120. The molecule has 0 aromatic carbocycles. The van der Waals surface area contributed by atoms with Crippen LogP contribution in [0.2, 0.25) is 0 Å². The average Bonchev–Trinajstić information content (AvgIpc) is 1.85. The van der Waals surface area contributed by atoms with Crippen LogP contribution in [0.15, 0.2) is 5.10 Å². The maximum absolute atomic E-state index is 5.58. The van der Waals surface area contributed by atoms with Gasteiger partial charge in [0.25, 0.3) is 0 Å². The van der Waals surface area contributed by atoms with Gasteiger partial charge in [0.15, 0.2) is 0 Å². The molecule has 1 rings (SSSR count). The summed E-state index contributed by atoms with van der Waals surface area (Å²) in [5.41, 5.74) is 6.70. The second-order valence-electron chi connectivity index (χ2n) is 2.18. The second kappa shape index (κ2) is 1.74. The van der Waals surface area contributed by atoms with E-state index in [1.165, 1.54) is 0 Å². The fraction of sp³-hybridized carbons (Fsp3) is 0.800. The Bertz CT molecular complexity index is 119. The number of hydrogen-bond donors (Lipinski definition) is 1. The first kappa shape index (κ1) is 5.56. The maximum Gasteiger partial charge on any atom is 0.0989 e. The van der Waals surface area contributed by atoms with E-state index in [-0.39, 0.29) is 6.17 Å². The Kier molecular flexibility index (Phi) is 1.21. The summed E-state index contributed by atoms with van der Waals surface area (Å²) in [6.07, 6.45) is 1.03. The summed E-state index contributed by atoms with van der Waals surface area (Å²) in [5, 5.41) is 5.88. The molecule has 1 aliphatic heterocycles. The largest absolute Gasteiger partial charge is 0.310 e. The molecule has 1 heterocycles. The molecule has 0 radical (unpaired) electrons. The Morgan fingerprint density at radius 1 is 1.88 bits per heavy atom. The highest BCUT2D eigenvalue weighted by atomic mass is 15.5. The number of nitrogens with two attached hydrogens (primary N) is 1. The van der Waals surface area contributed by atoms with Crippen LogP contribution in [0.4, 0.5) is 0 Å². The van der Waals surface area contributed by atoms with E-state index in [0.717, 1.165) is 12.1 Å². The smallest absolute Gasteiger partial charge is 0.0989 e. The summed E-state index contributed by atoms with van der Waals surface area (Å²) >= 11 is 0. The van der Waals surface area contributed by atoms with Crippen LogP contribution in [-0.4, -0.2) is 23.9 Å². The van der Waals surface area contributed by atoms with Gasteiger partial charge in [-0.1, -0.05) is 0 Å². The molecule has 0 saturated heterocycles. The van der Waals surface area contributed by atoms with E-state index in [4.69, 9.17) is 5.73 Å². The molecular weight excluding hydrogens is 102 g/mol. The van der Waals surface area contributed by atoms with Gasteiger partial charge in [-0.2, -0.15) is 5.10 Å². The van der Waals surface area contributed by atoms with Gasteiger partial charge in [0.2, 0.25) is 0 Å². The first-order chi connectivity index (χ1) is 3.70. The lowest BCUT2D eigenvalue weighted by Crippen LogP contribution is -2.31. The van der Waals surface area contributed by atoms with Crippen molar-refractivity contribution in [1.82, 2.24) is 5.01 Å². The summed E-state index contributed by atoms with van der Waals surface area (Å²) < 4.78 is 0. The predicted molar refractivity (Wildman–Crippen MR) is 33.5 cm³/mol. The van der Waals surface area contributed by atoms with Crippen molar-refractivity contribution in [1.29, 1.82) is 0 Å². The number of hydrazone groups is 1. The van der Waals surface area contributed by atoms with E-state index in [1.807, 2.05) is 14.0 Å². The van der Waals surface area contributed by atoms with Crippen LogP contribution < -0.4 is 5.73 Å². The number of hydrogen-bond acceptors (Lipinski definition) is 3. The van der Waals surface area contributed by atoms with Crippen molar-refractivity contribution < 1.29 is 0 Å². The van der Waals surface area contributed by atoms with Crippen LogP contribution in [0, 0.1) is 0 Å². The molecule has 3 heteroatoms. The number of rotatable bonds is 0. The highest BCUT2D eigenvalue weighted by molar-refractivity contribution is 5.83. The van der Waals surface area contributed by atoms with Crippen molar-refractivity contribution in [3.63, 3.8) is 0 Å². The van der Waals surface area contributed by atoms with E-state index in [9.17, 15) is 0 Å². The summed E-state index contributed by atoms with van der Waals surface area (Å²) in [6, 6.07) is 0. The zero-order valence-electron chi connectivity index (χ0n) is 5.26. The van der Waals surface area contributed by atoms with Gasteiger partial charge in [0, 0.05) is 19.2 Å². The lowest BCUT2D eigenvalue weighted by atomic mass is 10.3. The van der Waals surface area contributed by atoms with Crippen molar-refractivity contribution in [2.75, 3.05) is 7.05 Å². The molecule has 0 aliphatic carbocycles. The number of nitrogens with zero attached hydrogens (tertiary/aromatic N) is 2. The van der Waals surface area contributed by atoms with Gasteiger partial charge >= 0.3 is 0 Å². The lowest BCUT2D eigenvalue weighted by Gasteiger charge is -2.11. The molecule has 0 spiro atoms. The molecule has 0 aromatic rings. The second-order valence-corrected chi connectivity index (χ2v) is 2.18. The van der Waals surface area contributed by atoms with Crippen molar-refractivity contribution in [3.05, 3.63) is 0 Å². The van der Waals surface area contributed by atoms with Crippen LogP contribution >= 0.6 is 0 Å². The molecular formula is C5H11N3. The maximum atomic E-state index is 5.58. The van der Waals surface area contributed by atoms with Gasteiger partial charge in [-0.3, -0.25) is 5.01 Å². The van der Waals surface area contributed by atoms with Crippen molar-refractivity contribution in [2.45, 2.75) is 19.5 Å². The molecule has 0 amide bonds. The molecule has 0 saturated carbocycles. The Morgan fingerprint density at radius 3 is 2.62 bits per heavy atom. The molecule has 1 atom stereocenters. The van der Waals surface area contributed by atoms with Crippen LogP contribution in [0.1, 0.15) is 13.3 Å². The third-order valence-electron chi connectivity index (χ3n) is 1.31. The van der Waals surface area contributed by atoms with E-state index in [2.05, 4.69) is 5.10 Å². The van der Waals surface area contributed by atoms with Crippen molar-refractivity contribution in [3.8, 4) is 0 Å². The zero-order chi connectivity index (χ0) is 6.15. The van der Waals surface area contributed by atoms with Gasteiger partial charge in [0.05, 0.1) is 6.17 Å². The molecule has 46 valence electrons. The average molecular weight is 113 g/mol. The highest BCUT2D eigenvalue weighted by Gasteiger charge is 2.15. The minimum atomic E-state index is 0.120. The van der Waals surface area contributed by atoms with Gasteiger partial charge in [-0.15, -0.1) is 0 Å². The molecule has 0 unspecified atom stereocenters.